The highest BCUT2D eigenvalue weighted by Gasteiger charge is 2.34. The Hall–Kier alpha value is -4.63. The fraction of sp³-hybridized carbons (Fsp3) is 0.0882. The molecule has 8 rings (SSSR count). The Kier molecular flexibility index (Phi) is 4.00. The predicted molar refractivity (Wildman–Crippen MR) is 153 cm³/mol. The minimum atomic E-state index is -0.245. The molecule has 2 aromatic heterocycles. The quantitative estimate of drug-likeness (QED) is 0.241. The van der Waals surface area contributed by atoms with Gasteiger partial charge in [-0.25, -0.2) is 4.99 Å². The third-order valence-electron chi connectivity index (χ3n) is 8.04. The normalized spacial score (nSPS) is 14.1. The van der Waals surface area contributed by atoms with Gasteiger partial charge in [0.1, 0.15) is 0 Å². The van der Waals surface area contributed by atoms with E-state index in [1.54, 1.807) is 0 Å². The molecule has 0 unspecified atom stereocenters. The van der Waals surface area contributed by atoms with Crippen molar-refractivity contribution in [1.29, 1.82) is 0 Å². The molecule has 5 aromatic carbocycles. The van der Waals surface area contributed by atoms with Crippen molar-refractivity contribution in [2.75, 3.05) is 0 Å². The van der Waals surface area contributed by atoms with E-state index in [-0.39, 0.29) is 5.54 Å². The molecule has 176 valence electrons. The summed E-state index contributed by atoms with van der Waals surface area (Å²) in [5.41, 5.74) is 11.6. The van der Waals surface area contributed by atoms with Gasteiger partial charge in [0, 0.05) is 16.3 Å². The lowest BCUT2D eigenvalue weighted by atomic mass is 9.91. The van der Waals surface area contributed by atoms with Crippen molar-refractivity contribution in [2.24, 2.45) is 4.99 Å². The largest absolute Gasteiger partial charge is 0.300 e. The molecule has 0 saturated heterocycles. The molecule has 0 spiro atoms. The molecule has 0 amide bonds. The van der Waals surface area contributed by atoms with Gasteiger partial charge in [0.15, 0.2) is 0 Å². The molecule has 0 saturated carbocycles. The van der Waals surface area contributed by atoms with Gasteiger partial charge in [-0.3, -0.25) is 8.97 Å². The highest BCUT2D eigenvalue weighted by molar-refractivity contribution is 6.16. The zero-order valence-corrected chi connectivity index (χ0v) is 20.8. The van der Waals surface area contributed by atoms with E-state index in [9.17, 15) is 0 Å². The SMILES string of the molecule is CC1(C)c2ccccc2N=c2n1c1cc(-c3ccccc3)cc3c4cc(-c5ccccc5)ccc4n2c31. The Morgan fingerprint density at radius 3 is 1.97 bits per heavy atom. The van der Waals surface area contributed by atoms with Crippen molar-refractivity contribution in [3.8, 4) is 22.3 Å². The van der Waals surface area contributed by atoms with Crippen LogP contribution in [0.15, 0.2) is 120 Å². The summed E-state index contributed by atoms with van der Waals surface area (Å²) in [5.74, 6) is 0. The number of benzene rings is 5. The van der Waals surface area contributed by atoms with E-state index in [1.165, 1.54) is 55.1 Å². The Labute approximate surface area is 214 Å². The lowest BCUT2D eigenvalue weighted by Gasteiger charge is -2.32. The molecule has 0 aliphatic carbocycles. The van der Waals surface area contributed by atoms with Crippen LogP contribution in [0, 0.1) is 0 Å². The van der Waals surface area contributed by atoms with Crippen molar-refractivity contribution in [1.82, 2.24) is 8.97 Å². The number of hydrogen-bond donors (Lipinski definition) is 0. The first-order valence-corrected chi connectivity index (χ1v) is 12.8. The Morgan fingerprint density at radius 1 is 0.568 bits per heavy atom. The molecule has 3 heterocycles. The molecule has 0 atom stereocenters. The number of rotatable bonds is 2. The maximum atomic E-state index is 5.25. The van der Waals surface area contributed by atoms with Crippen LogP contribution in [0.5, 0.6) is 0 Å². The average molecular weight is 476 g/mol. The lowest BCUT2D eigenvalue weighted by Crippen LogP contribution is -2.40. The van der Waals surface area contributed by atoms with Crippen molar-refractivity contribution in [3.05, 3.63) is 126 Å². The van der Waals surface area contributed by atoms with Gasteiger partial charge >= 0.3 is 0 Å². The zero-order valence-electron chi connectivity index (χ0n) is 20.8. The average Bonchev–Trinajstić information content (AvgIpc) is 3.45. The number of fused-ring (bicyclic) bond motifs is 7. The standard InChI is InChI=1S/C34H25N3/c1-34(2)28-15-9-10-16-29(28)35-33-36-30-18-17-24(22-11-5-3-6-12-22)19-26(30)27-20-25(23-13-7-4-8-14-23)21-31(32(27)36)37(33)34/h3-21H,1-2H3. The fourth-order valence-corrected chi connectivity index (χ4v) is 6.29. The van der Waals surface area contributed by atoms with E-state index >= 15 is 0 Å². The van der Waals surface area contributed by atoms with Crippen LogP contribution in [0.4, 0.5) is 5.69 Å². The van der Waals surface area contributed by atoms with Gasteiger partial charge < -0.3 is 0 Å². The summed E-state index contributed by atoms with van der Waals surface area (Å²) in [7, 11) is 0. The van der Waals surface area contributed by atoms with Crippen LogP contribution < -0.4 is 5.62 Å². The van der Waals surface area contributed by atoms with E-state index in [2.05, 4.69) is 138 Å². The van der Waals surface area contributed by atoms with Crippen molar-refractivity contribution in [3.63, 3.8) is 0 Å². The molecular weight excluding hydrogens is 450 g/mol. The minimum absolute atomic E-state index is 0.245. The smallest absolute Gasteiger partial charge is 0.216 e. The van der Waals surface area contributed by atoms with Gasteiger partial charge in [-0.1, -0.05) is 84.9 Å². The van der Waals surface area contributed by atoms with Gasteiger partial charge in [0.25, 0.3) is 0 Å². The third kappa shape index (κ3) is 2.74. The fourth-order valence-electron chi connectivity index (χ4n) is 6.29. The molecule has 1 aliphatic heterocycles. The summed E-state index contributed by atoms with van der Waals surface area (Å²) in [6.07, 6.45) is 0. The molecule has 0 radical (unpaired) electrons. The Morgan fingerprint density at radius 2 is 1.22 bits per heavy atom. The maximum Gasteiger partial charge on any atom is 0.216 e. The zero-order chi connectivity index (χ0) is 24.7. The van der Waals surface area contributed by atoms with Crippen molar-refractivity contribution in [2.45, 2.75) is 19.4 Å². The number of aromatic nitrogens is 2. The molecule has 7 aromatic rings. The van der Waals surface area contributed by atoms with Gasteiger partial charge in [-0.05, 0) is 66.4 Å². The van der Waals surface area contributed by atoms with Gasteiger partial charge in [-0.15, -0.1) is 0 Å². The lowest BCUT2D eigenvalue weighted by molar-refractivity contribution is 0.421. The van der Waals surface area contributed by atoms with E-state index in [0.29, 0.717) is 0 Å². The van der Waals surface area contributed by atoms with Crippen LogP contribution in [-0.2, 0) is 5.54 Å². The first-order chi connectivity index (χ1) is 18.1. The van der Waals surface area contributed by atoms with Gasteiger partial charge in [0.2, 0.25) is 5.62 Å². The molecule has 0 N–H and O–H groups in total. The molecule has 37 heavy (non-hydrogen) atoms. The number of nitrogens with zero attached hydrogens (tertiary/aromatic N) is 3. The van der Waals surface area contributed by atoms with Crippen LogP contribution in [0.25, 0.3) is 49.6 Å². The molecule has 0 fully saturated rings. The second-order valence-corrected chi connectivity index (χ2v) is 10.5. The predicted octanol–water partition coefficient (Wildman–Crippen LogP) is 8.15. The summed E-state index contributed by atoms with van der Waals surface area (Å²) in [5, 5.41) is 2.52. The van der Waals surface area contributed by atoms with Crippen molar-refractivity contribution >= 4 is 33.0 Å². The number of para-hydroxylation sites is 1. The van der Waals surface area contributed by atoms with Crippen LogP contribution >= 0.6 is 0 Å². The maximum absolute atomic E-state index is 5.25. The van der Waals surface area contributed by atoms with E-state index in [4.69, 9.17) is 4.99 Å². The summed E-state index contributed by atoms with van der Waals surface area (Å²) in [6, 6.07) is 41.5. The Balaban J connectivity index is 1.57. The van der Waals surface area contributed by atoms with E-state index in [0.717, 1.165) is 11.3 Å². The Bertz CT molecular complexity index is 2040. The second kappa shape index (κ2) is 7.21. The first kappa shape index (κ1) is 20.6. The van der Waals surface area contributed by atoms with Gasteiger partial charge in [0.05, 0.1) is 27.8 Å². The van der Waals surface area contributed by atoms with Crippen LogP contribution in [0.1, 0.15) is 19.4 Å². The van der Waals surface area contributed by atoms with Crippen LogP contribution in [-0.4, -0.2) is 8.97 Å². The topological polar surface area (TPSA) is 21.7 Å². The molecule has 3 nitrogen and oxygen atoms in total. The third-order valence-corrected chi connectivity index (χ3v) is 8.04. The van der Waals surface area contributed by atoms with Crippen molar-refractivity contribution < 1.29 is 0 Å². The highest BCUT2D eigenvalue weighted by atomic mass is 15.2. The minimum Gasteiger partial charge on any atom is -0.300 e. The summed E-state index contributed by atoms with van der Waals surface area (Å²) in [4.78, 5) is 5.25. The summed E-state index contributed by atoms with van der Waals surface area (Å²) < 4.78 is 4.82. The summed E-state index contributed by atoms with van der Waals surface area (Å²) >= 11 is 0. The van der Waals surface area contributed by atoms with E-state index < -0.39 is 0 Å². The monoisotopic (exact) mass is 475 g/mol. The number of imidazole rings is 1. The molecular formula is C34H25N3. The van der Waals surface area contributed by atoms with Gasteiger partial charge in [-0.2, -0.15) is 0 Å². The summed E-state index contributed by atoms with van der Waals surface area (Å²) in [6.45, 7) is 4.62. The second-order valence-electron chi connectivity index (χ2n) is 10.5. The molecule has 1 aliphatic rings. The van der Waals surface area contributed by atoms with E-state index in [1.807, 2.05) is 0 Å². The first-order valence-electron chi connectivity index (χ1n) is 12.8. The number of hydrogen-bond acceptors (Lipinski definition) is 1. The van der Waals surface area contributed by atoms with Crippen LogP contribution in [0.3, 0.4) is 0 Å². The highest BCUT2D eigenvalue weighted by Crippen LogP contribution is 2.42. The van der Waals surface area contributed by atoms with Crippen LogP contribution in [0.2, 0.25) is 0 Å². The molecule has 3 heteroatoms. The molecule has 0 bridgehead atoms.